The largest absolute Gasteiger partial charge is 0.436 e. The first kappa shape index (κ1) is 27.4. The monoisotopic (exact) mass is 604 g/mol. The lowest BCUT2D eigenvalue weighted by atomic mass is 9.88. The fourth-order valence-corrected chi connectivity index (χ4v) is 7.15. The van der Waals surface area contributed by atoms with E-state index in [1.165, 1.54) is 61.2 Å². The van der Waals surface area contributed by atoms with Crippen LogP contribution in [0.3, 0.4) is 0 Å². The molecule has 6 aromatic carbocycles. The molecule has 0 fully saturated rings. The van der Waals surface area contributed by atoms with E-state index in [0.29, 0.717) is 5.89 Å². The Morgan fingerprint density at radius 1 is 0.617 bits per heavy atom. The summed E-state index contributed by atoms with van der Waals surface area (Å²) >= 11 is 0. The van der Waals surface area contributed by atoms with Gasteiger partial charge in [0.1, 0.15) is 5.52 Å². The van der Waals surface area contributed by atoms with Crippen LogP contribution in [0.25, 0.3) is 78.6 Å². The topological polar surface area (TPSA) is 31.0 Å². The van der Waals surface area contributed by atoms with Gasteiger partial charge in [-0.2, -0.15) is 0 Å². The molecule has 0 aliphatic heterocycles. The molecule has 3 heteroatoms. The highest BCUT2D eigenvalue weighted by Crippen LogP contribution is 2.41. The number of benzene rings is 6. The van der Waals surface area contributed by atoms with E-state index in [0.717, 1.165) is 35.1 Å². The van der Waals surface area contributed by atoms with Crippen LogP contribution in [0.1, 0.15) is 23.2 Å². The van der Waals surface area contributed by atoms with Crippen LogP contribution in [0.15, 0.2) is 150 Å². The summed E-state index contributed by atoms with van der Waals surface area (Å²) in [7, 11) is 0. The SMILES string of the molecule is Cc1ccc2oc(-c3ccc(-c4ccccc4-c4ccccc4-c4ccc5c(c4)c4c(n5-c5ccccc5)CCC=C4)cc3)nc2c1. The average molecular weight is 605 g/mol. The van der Waals surface area contributed by atoms with E-state index in [2.05, 4.69) is 157 Å². The Bertz CT molecular complexity index is 2460. The number of allylic oxidation sites excluding steroid dienone is 1. The molecule has 0 saturated heterocycles. The Morgan fingerprint density at radius 3 is 2.04 bits per heavy atom. The van der Waals surface area contributed by atoms with Gasteiger partial charge in [0.15, 0.2) is 5.58 Å². The van der Waals surface area contributed by atoms with E-state index >= 15 is 0 Å². The van der Waals surface area contributed by atoms with Crippen molar-refractivity contribution in [3.05, 3.63) is 162 Å². The highest BCUT2D eigenvalue weighted by Gasteiger charge is 2.20. The Hall–Kier alpha value is -5.93. The van der Waals surface area contributed by atoms with E-state index < -0.39 is 0 Å². The molecule has 0 spiro atoms. The van der Waals surface area contributed by atoms with Gasteiger partial charge < -0.3 is 8.98 Å². The Kier molecular flexibility index (Phi) is 6.50. The van der Waals surface area contributed by atoms with Gasteiger partial charge in [0, 0.05) is 27.9 Å². The van der Waals surface area contributed by atoms with Crippen molar-refractivity contribution in [2.75, 3.05) is 0 Å². The fourth-order valence-electron chi connectivity index (χ4n) is 7.15. The van der Waals surface area contributed by atoms with Crippen LogP contribution in [-0.4, -0.2) is 9.55 Å². The molecule has 0 atom stereocenters. The molecular formula is C44H32N2O. The maximum Gasteiger partial charge on any atom is 0.227 e. The Morgan fingerprint density at radius 2 is 1.28 bits per heavy atom. The second-order valence-electron chi connectivity index (χ2n) is 12.4. The Balaban J connectivity index is 1.13. The highest BCUT2D eigenvalue weighted by molar-refractivity contribution is 5.99. The smallest absolute Gasteiger partial charge is 0.227 e. The molecule has 224 valence electrons. The number of fused-ring (bicyclic) bond motifs is 4. The molecule has 9 rings (SSSR count). The molecular weight excluding hydrogens is 572 g/mol. The third-order valence-electron chi connectivity index (χ3n) is 9.40. The molecule has 0 radical (unpaired) electrons. The van der Waals surface area contributed by atoms with Crippen molar-refractivity contribution in [1.82, 2.24) is 9.55 Å². The van der Waals surface area contributed by atoms with E-state index in [1.54, 1.807) is 0 Å². The zero-order valence-electron chi connectivity index (χ0n) is 26.2. The summed E-state index contributed by atoms with van der Waals surface area (Å²) in [6, 6.07) is 49.9. The van der Waals surface area contributed by atoms with Crippen LogP contribution in [0.5, 0.6) is 0 Å². The molecule has 47 heavy (non-hydrogen) atoms. The standard InChI is InChI=1S/C44H32N2O/c1-29-19-26-43-40(27-29)45-44(47-43)31-22-20-30(21-23-31)34-13-5-7-15-36(34)37-16-8-6-14-35(37)32-24-25-42-39(28-32)38-17-9-10-18-41(38)46(42)33-11-3-2-4-12-33/h2-9,11-17,19-28H,10,18H2,1H3. The van der Waals surface area contributed by atoms with Crippen molar-refractivity contribution >= 4 is 28.1 Å². The lowest BCUT2D eigenvalue weighted by Crippen LogP contribution is -2.02. The molecule has 1 aliphatic carbocycles. The minimum absolute atomic E-state index is 0.643. The van der Waals surface area contributed by atoms with E-state index in [1.807, 2.05) is 6.07 Å². The van der Waals surface area contributed by atoms with Crippen molar-refractivity contribution in [2.24, 2.45) is 0 Å². The van der Waals surface area contributed by atoms with Crippen LogP contribution in [0.4, 0.5) is 0 Å². The number of nitrogens with zero attached hydrogens (tertiary/aromatic N) is 2. The maximum absolute atomic E-state index is 6.09. The van der Waals surface area contributed by atoms with Gasteiger partial charge in [-0.25, -0.2) is 4.98 Å². The molecule has 2 aromatic heterocycles. The number of hydrogen-bond acceptors (Lipinski definition) is 2. The van der Waals surface area contributed by atoms with Gasteiger partial charge in [0.05, 0.1) is 5.52 Å². The lowest BCUT2D eigenvalue weighted by molar-refractivity contribution is 0.620. The molecule has 1 aliphatic rings. The van der Waals surface area contributed by atoms with E-state index in [-0.39, 0.29) is 0 Å². The third-order valence-corrected chi connectivity index (χ3v) is 9.40. The fraction of sp³-hybridized carbons (Fsp3) is 0.0682. The van der Waals surface area contributed by atoms with Crippen molar-refractivity contribution in [1.29, 1.82) is 0 Å². The number of aromatic nitrogens is 2. The van der Waals surface area contributed by atoms with Crippen LogP contribution in [0.2, 0.25) is 0 Å². The van der Waals surface area contributed by atoms with Crippen molar-refractivity contribution in [3.8, 4) is 50.5 Å². The van der Waals surface area contributed by atoms with Gasteiger partial charge in [-0.05, 0) is 107 Å². The first-order chi connectivity index (χ1) is 23.2. The minimum atomic E-state index is 0.643. The predicted octanol–water partition coefficient (Wildman–Crippen LogP) is 11.7. The van der Waals surface area contributed by atoms with Crippen molar-refractivity contribution in [3.63, 3.8) is 0 Å². The van der Waals surface area contributed by atoms with Gasteiger partial charge >= 0.3 is 0 Å². The first-order valence-corrected chi connectivity index (χ1v) is 16.3. The van der Waals surface area contributed by atoms with Crippen LogP contribution in [0, 0.1) is 6.92 Å². The van der Waals surface area contributed by atoms with Crippen LogP contribution >= 0.6 is 0 Å². The maximum atomic E-state index is 6.09. The van der Waals surface area contributed by atoms with E-state index in [9.17, 15) is 0 Å². The summed E-state index contributed by atoms with van der Waals surface area (Å²) in [5, 5.41) is 1.30. The molecule has 0 bridgehead atoms. The molecule has 0 unspecified atom stereocenters. The minimum Gasteiger partial charge on any atom is -0.436 e. The molecule has 0 N–H and O–H groups in total. The van der Waals surface area contributed by atoms with Gasteiger partial charge in [0.2, 0.25) is 5.89 Å². The second kappa shape index (κ2) is 11.1. The number of aryl methyl sites for hydroxylation is 1. The normalized spacial score (nSPS) is 12.5. The molecule has 0 saturated carbocycles. The first-order valence-electron chi connectivity index (χ1n) is 16.3. The van der Waals surface area contributed by atoms with E-state index in [4.69, 9.17) is 9.40 Å². The summed E-state index contributed by atoms with van der Waals surface area (Å²) in [5.74, 6) is 0.643. The second-order valence-corrected chi connectivity index (χ2v) is 12.4. The molecule has 3 nitrogen and oxygen atoms in total. The van der Waals surface area contributed by atoms with Crippen molar-refractivity contribution < 1.29 is 4.42 Å². The van der Waals surface area contributed by atoms with Crippen LogP contribution in [-0.2, 0) is 6.42 Å². The Labute approximate surface area is 274 Å². The van der Waals surface area contributed by atoms with Gasteiger partial charge in [-0.3, -0.25) is 0 Å². The van der Waals surface area contributed by atoms with Gasteiger partial charge in [-0.1, -0.05) is 103 Å². The molecule has 2 heterocycles. The predicted molar refractivity (Wildman–Crippen MR) is 195 cm³/mol. The molecule has 0 amide bonds. The quantitative estimate of drug-likeness (QED) is 0.196. The number of rotatable bonds is 5. The summed E-state index contributed by atoms with van der Waals surface area (Å²) in [6.07, 6.45) is 6.74. The third kappa shape index (κ3) is 4.71. The summed E-state index contributed by atoms with van der Waals surface area (Å²) in [5.41, 5.74) is 16.2. The number of hydrogen-bond donors (Lipinski definition) is 0. The van der Waals surface area contributed by atoms with Gasteiger partial charge in [0.25, 0.3) is 0 Å². The molecule has 8 aromatic rings. The number of para-hydroxylation sites is 1. The summed E-state index contributed by atoms with van der Waals surface area (Å²) in [4.78, 5) is 4.75. The van der Waals surface area contributed by atoms with Gasteiger partial charge in [-0.15, -0.1) is 0 Å². The zero-order valence-corrected chi connectivity index (χ0v) is 26.2. The lowest BCUT2D eigenvalue weighted by Gasteiger charge is -2.15. The van der Waals surface area contributed by atoms with Crippen molar-refractivity contribution in [2.45, 2.75) is 19.8 Å². The number of oxazole rings is 1. The van der Waals surface area contributed by atoms with Crippen LogP contribution < -0.4 is 0 Å². The highest BCUT2D eigenvalue weighted by atomic mass is 16.3. The average Bonchev–Trinajstić information content (AvgIpc) is 3.71. The zero-order chi connectivity index (χ0) is 31.3. The summed E-state index contributed by atoms with van der Waals surface area (Å²) < 4.78 is 8.54. The summed E-state index contributed by atoms with van der Waals surface area (Å²) in [6.45, 7) is 2.07.